The Morgan fingerprint density at radius 2 is 2.06 bits per heavy atom. The van der Waals surface area contributed by atoms with Crippen molar-refractivity contribution in [3.63, 3.8) is 0 Å². The van der Waals surface area contributed by atoms with Gasteiger partial charge in [-0.05, 0) is 12.8 Å². The lowest BCUT2D eigenvalue weighted by Gasteiger charge is -2.31. The monoisotopic (exact) mass is 483 g/mol. The summed E-state index contributed by atoms with van der Waals surface area (Å²) in [5.74, 6) is 0.0119. The Bertz CT molecular complexity index is 1420. The van der Waals surface area contributed by atoms with Crippen molar-refractivity contribution in [2.24, 2.45) is 17.8 Å². The Hall–Kier alpha value is -4.03. The molecule has 4 heterocycles. The lowest BCUT2D eigenvalue weighted by molar-refractivity contribution is -0.128. The maximum atomic E-state index is 12.2. The standard InChI is InChI=1S/C27H29N7O2/c1-17(35)34-9-6-25(32-19-7-10-36-11-8-19)24(16-34)26(29)21-5-3-4-20-22(12-28)27(30-14-23(20)21)18-13-31-33(2)15-18/h3-5,13-15,19H,6-11,16,29H2,1-2H3/b26-24-,32-25?. The third kappa shape index (κ3) is 4.48. The summed E-state index contributed by atoms with van der Waals surface area (Å²) in [4.78, 5) is 23.7. The molecule has 0 saturated carbocycles. The summed E-state index contributed by atoms with van der Waals surface area (Å²) in [6.07, 6.45) is 7.73. The Morgan fingerprint density at radius 3 is 2.75 bits per heavy atom. The predicted octanol–water partition coefficient (Wildman–Crippen LogP) is 3.05. The number of aliphatic imine (C=N–C) groups is 1. The van der Waals surface area contributed by atoms with Crippen molar-refractivity contribution in [1.82, 2.24) is 19.7 Å². The minimum absolute atomic E-state index is 0.0119. The van der Waals surface area contributed by atoms with Crippen LogP contribution in [0, 0.1) is 11.3 Å². The Balaban J connectivity index is 1.64. The summed E-state index contributed by atoms with van der Waals surface area (Å²) in [6.45, 7) is 4.03. The molecule has 0 radical (unpaired) electrons. The van der Waals surface area contributed by atoms with Gasteiger partial charge in [0.2, 0.25) is 5.91 Å². The van der Waals surface area contributed by atoms with E-state index in [1.54, 1.807) is 28.9 Å². The van der Waals surface area contributed by atoms with Crippen LogP contribution in [0.3, 0.4) is 0 Å². The van der Waals surface area contributed by atoms with Crippen LogP contribution >= 0.6 is 0 Å². The number of hydrogen-bond acceptors (Lipinski definition) is 7. The molecule has 2 aromatic heterocycles. The van der Waals surface area contributed by atoms with Gasteiger partial charge in [-0.15, -0.1) is 0 Å². The number of aromatic nitrogens is 3. The molecule has 2 aliphatic heterocycles. The molecular formula is C27H29N7O2. The van der Waals surface area contributed by atoms with Crippen molar-refractivity contribution in [2.75, 3.05) is 26.3 Å². The van der Waals surface area contributed by atoms with Gasteiger partial charge in [0.1, 0.15) is 6.07 Å². The van der Waals surface area contributed by atoms with Crippen molar-refractivity contribution in [2.45, 2.75) is 32.2 Å². The molecule has 184 valence electrons. The molecule has 2 saturated heterocycles. The zero-order valence-electron chi connectivity index (χ0n) is 20.6. The quantitative estimate of drug-likeness (QED) is 0.611. The summed E-state index contributed by atoms with van der Waals surface area (Å²) in [5, 5.41) is 15.8. The van der Waals surface area contributed by atoms with E-state index in [0.717, 1.165) is 46.0 Å². The second kappa shape index (κ2) is 9.91. The van der Waals surface area contributed by atoms with Crippen LogP contribution in [0.15, 0.2) is 47.4 Å². The zero-order valence-corrected chi connectivity index (χ0v) is 20.6. The van der Waals surface area contributed by atoms with Gasteiger partial charge in [0.15, 0.2) is 0 Å². The molecule has 2 aliphatic rings. The van der Waals surface area contributed by atoms with E-state index in [1.165, 1.54) is 0 Å². The summed E-state index contributed by atoms with van der Waals surface area (Å²) in [6, 6.07) is 8.28. The second-order valence-corrected chi connectivity index (χ2v) is 9.27. The number of aryl methyl sites for hydroxylation is 1. The molecule has 1 aromatic carbocycles. The normalized spacial score (nSPS) is 19.5. The smallest absolute Gasteiger partial charge is 0.219 e. The van der Waals surface area contributed by atoms with Crippen molar-refractivity contribution in [3.05, 3.63) is 53.5 Å². The van der Waals surface area contributed by atoms with E-state index < -0.39 is 0 Å². The number of piperidine rings is 1. The van der Waals surface area contributed by atoms with E-state index in [-0.39, 0.29) is 11.9 Å². The summed E-state index contributed by atoms with van der Waals surface area (Å²) in [5.41, 5.74) is 11.9. The summed E-state index contributed by atoms with van der Waals surface area (Å²) in [7, 11) is 1.83. The van der Waals surface area contributed by atoms with Crippen LogP contribution in [0.25, 0.3) is 27.7 Å². The fourth-order valence-electron chi connectivity index (χ4n) is 4.96. The molecule has 0 aliphatic carbocycles. The highest BCUT2D eigenvalue weighted by Crippen LogP contribution is 2.32. The van der Waals surface area contributed by atoms with Crippen LogP contribution < -0.4 is 5.73 Å². The lowest BCUT2D eigenvalue weighted by atomic mass is 9.92. The van der Waals surface area contributed by atoms with Crippen molar-refractivity contribution < 1.29 is 9.53 Å². The first kappa shape index (κ1) is 23.7. The van der Waals surface area contributed by atoms with Crippen molar-refractivity contribution >= 4 is 28.1 Å². The van der Waals surface area contributed by atoms with Gasteiger partial charge in [0.25, 0.3) is 0 Å². The topological polar surface area (TPSA) is 122 Å². The second-order valence-electron chi connectivity index (χ2n) is 9.27. The minimum Gasteiger partial charge on any atom is -0.398 e. The van der Waals surface area contributed by atoms with Gasteiger partial charge in [-0.1, -0.05) is 18.2 Å². The number of pyridine rings is 1. The number of rotatable bonds is 3. The molecule has 5 rings (SSSR count). The summed E-state index contributed by atoms with van der Waals surface area (Å²) >= 11 is 0. The number of nitriles is 1. The fraction of sp³-hybridized carbons (Fsp3) is 0.370. The third-order valence-electron chi connectivity index (χ3n) is 6.93. The number of likely N-dealkylation sites (tertiary alicyclic amines) is 1. The lowest BCUT2D eigenvalue weighted by Crippen LogP contribution is -2.40. The molecule has 36 heavy (non-hydrogen) atoms. The Morgan fingerprint density at radius 1 is 1.25 bits per heavy atom. The average Bonchev–Trinajstić information content (AvgIpc) is 3.33. The number of carbonyl (C=O) groups excluding carboxylic acids is 1. The number of fused-ring (bicyclic) bond motifs is 1. The third-order valence-corrected chi connectivity index (χ3v) is 6.93. The summed E-state index contributed by atoms with van der Waals surface area (Å²) < 4.78 is 7.18. The molecule has 0 atom stereocenters. The molecule has 1 amide bonds. The first-order valence-corrected chi connectivity index (χ1v) is 12.2. The predicted molar refractivity (Wildman–Crippen MR) is 138 cm³/mol. The first-order chi connectivity index (χ1) is 17.5. The molecule has 0 spiro atoms. The van der Waals surface area contributed by atoms with Crippen LogP contribution in [0.5, 0.6) is 0 Å². The molecule has 9 nitrogen and oxygen atoms in total. The van der Waals surface area contributed by atoms with E-state index in [2.05, 4.69) is 16.2 Å². The number of nitrogens with zero attached hydrogens (tertiary/aromatic N) is 6. The van der Waals surface area contributed by atoms with Crippen LogP contribution in [-0.2, 0) is 16.6 Å². The largest absolute Gasteiger partial charge is 0.398 e. The van der Waals surface area contributed by atoms with Gasteiger partial charge in [0.05, 0.1) is 23.5 Å². The van der Waals surface area contributed by atoms with E-state index in [1.807, 2.05) is 31.4 Å². The molecule has 0 unspecified atom stereocenters. The maximum absolute atomic E-state index is 12.2. The van der Waals surface area contributed by atoms with Gasteiger partial charge in [0, 0.05) is 98.0 Å². The highest BCUT2D eigenvalue weighted by atomic mass is 16.5. The van der Waals surface area contributed by atoms with Crippen LogP contribution in [0.1, 0.15) is 37.3 Å². The average molecular weight is 484 g/mol. The molecule has 3 aromatic rings. The number of benzene rings is 1. The number of nitrogens with two attached hydrogens (primary N) is 1. The number of carbonyl (C=O) groups is 1. The van der Waals surface area contributed by atoms with Gasteiger partial charge in [-0.25, -0.2) is 0 Å². The van der Waals surface area contributed by atoms with Crippen molar-refractivity contribution in [3.8, 4) is 17.3 Å². The van der Waals surface area contributed by atoms with E-state index in [0.29, 0.717) is 49.7 Å². The molecule has 0 bridgehead atoms. The number of ether oxygens (including phenoxy) is 1. The van der Waals surface area contributed by atoms with E-state index >= 15 is 0 Å². The van der Waals surface area contributed by atoms with E-state index in [9.17, 15) is 10.1 Å². The van der Waals surface area contributed by atoms with Gasteiger partial charge in [-0.2, -0.15) is 10.4 Å². The SMILES string of the molecule is CC(=O)N1CCC(=NC2CCOCC2)/C(=C(\N)c2cccc3c(C#N)c(-c4cnn(C)c4)ncc23)C1. The first-order valence-electron chi connectivity index (χ1n) is 12.2. The minimum atomic E-state index is 0.0119. The molecule has 9 heteroatoms. The zero-order chi connectivity index (χ0) is 25.2. The van der Waals surface area contributed by atoms with Gasteiger partial charge in [-0.3, -0.25) is 19.5 Å². The molecular weight excluding hydrogens is 454 g/mol. The van der Waals surface area contributed by atoms with Crippen LogP contribution in [0.4, 0.5) is 0 Å². The van der Waals surface area contributed by atoms with Gasteiger partial charge >= 0.3 is 0 Å². The maximum Gasteiger partial charge on any atom is 0.219 e. The molecule has 2 N–H and O–H groups in total. The Kier molecular flexibility index (Phi) is 6.53. The van der Waals surface area contributed by atoms with Crippen LogP contribution in [-0.4, -0.2) is 63.6 Å². The molecule has 2 fully saturated rings. The van der Waals surface area contributed by atoms with Crippen LogP contribution in [0.2, 0.25) is 0 Å². The fourth-order valence-corrected chi connectivity index (χ4v) is 4.96. The van der Waals surface area contributed by atoms with Crippen molar-refractivity contribution in [1.29, 1.82) is 5.26 Å². The van der Waals surface area contributed by atoms with E-state index in [4.69, 9.17) is 15.5 Å². The van der Waals surface area contributed by atoms with Gasteiger partial charge < -0.3 is 15.4 Å². The Labute approximate surface area is 209 Å². The highest BCUT2D eigenvalue weighted by molar-refractivity contribution is 6.10. The number of amides is 1. The number of hydrogen-bond donors (Lipinski definition) is 1. The highest BCUT2D eigenvalue weighted by Gasteiger charge is 2.26.